The topological polar surface area (TPSA) is 96.3 Å². The number of nitriles is 1. The van der Waals surface area contributed by atoms with Crippen molar-refractivity contribution in [3.8, 4) is 6.07 Å². The quantitative estimate of drug-likeness (QED) is 0.351. The standard InChI is InChI=1S/C10H18N2O3/c11-7-4-8-15-10(14)6-3-1-2-5-9(12)13/h9,13H,1-6,8,12H2. The molecule has 0 saturated carbocycles. The van der Waals surface area contributed by atoms with Crippen LogP contribution in [0.4, 0.5) is 0 Å². The lowest BCUT2D eigenvalue weighted by molar-refractivity contribution is -0.143. The lowest BCUT2D eigenvalue weighted by atomic mass is 10.1. The monoisotopic (exact) mass is 214 g/mol. The summed E-state index contributed by atoms with van der Waals surface area (Å²) in [6, 6.07) is 1.89. The van der Waals surface area contributed by atoms with E-state index in [9.17, 15) is 4.79 Å². The van der Waals surface area contributed by atoms with Gasteiger partial charge in [0.1, 0.15) is 12.8 Å². The molecule has 0 aromatic carbocycles. The maximum absolute atomic E-state index is 11.0. The second kappa shape index (κ2) is 9.44. The molecule has 0 heterocycles. The van der Waals surface area contributed by atoms with E-state index in [1.165, 1.54) is 0 Å². The van der Waals surface area contributed by atoms with Gasteiger partial charge in [-0.2, -0.15) is 5.26 Å². The molecule has 0 radical (unpaired) electrons. The van der Waals surface area contributed by atoms with E-state index in [2.05, 4.69) is 0 Å². The first-order valence-corrected chi connectivity index (χ1v) is 5.13. The summed E-state index contributed by atoms with van der Waals surface area (Å²) in [5, 5.41) is 17.0. The van der Waals surface area contributed by atoms with E-state index in [4.69, 9.17) is 20.8 Å². The molecule has 0 aliphatic heterocycles. The van der Waals surface area contributed by atoms with E-state index < -0.39 is 6.23 Å². The Bertz CT molecular complexity index is 211. The molecule has 0 aromatic heterocycles. The number of hydrogen-bond acceptors (Lipinski definition) is 5. The van der Waals surface area contributed by atoms with E-state index in [0.29, 0.717) is 12.8 Å². The molecule has 0 bridgehead atoms. The molecule has 1 atom stereocenters. The summed E-state index contributed by atoms with van der Waals surface area (Å²) in [5.41, 5.74) is 5.15. The molecule has 0 aliphatic carbocycles. The van der Waals surface area contributed by atoms with Crippen molar-refractivity contribution >= 4 is 5.97 Å². The maximum Gasteiger partial charge on any atom is 0.305 e. The molecule has 5 nitrogen and oxygen atoms in total. The van der Waals surface area contributed by atoms with Crippen LogP contribution in [0.15, 0.2) is 0 Å². The van der Waals surface area contributed by atoms with Crippen LogP contribution in [-0.2, 0) is 9.53 Å². The highest BCUT2D eigenvalue weighted by Gasteiger charge is 2.02. The molecule has 0 spiro atoms. The average Bonchev–Trinajstić information content (AvgIpc) is 2.17. The Morgan fingerprint density at radius 1 is 1.47 bits per heavy atom. The lowest BCUT2D eigenvalue weighted by Gasteiger charge is -2.04. The first-order chi connectivity index (χ1) is 7.16. The first-order valence-electron chi connectivity index (χ1n) is 5.13. The number of aliphatic hydroxyl groups is 1. The third kappa shape index (κ3) is 10.8. The first kappa shape index (κ1) is 13.9. The zero-order chi connectivity index (χ0) is 11.5. The van der Waals surface area contributed by atoms with Crippen molar-refractivity contribution in [2.75, 3.05) is 6.61 Å². The van der Waals surface area contributed by atoms with Crippen molar-refractivity contribution in [3.05, 3.63) is 0 Å². The van der Waals surface area contributed by atoms with E-state index >= 15 is 0 Å². The number of unbranched alkanes of at least 4 members (excludes halogenated alkanes) is 2. The van der Waals surface area contributed by atoms with Crippen LogP contribution < -0.4 is 5.73 Å². The fourth-order valence-corrected chi connectivity index (χ4v) is 1.08. The van der Waals surface area contributed by atoms with Gasteiger partial charge in [0, 0.05) is 6.42 Å². The van der Waals surface area contributed by atoms with E-state index in [1.54, 1.807) is 0 Å². The molecular weight excluding hydrogens is 196 g/mol. The molecule has 1 unspecified atom stereocenters. The van der Waals surface area contributed by atoms with Gasteiger partial charge in [0.25, 0.3) is 0 Å². The number of aliphatic hydroxyl groups excluding tert-OH is 1. The SMILES string of the molecule is N#CCCOC(=O)CCCCCC(N)O. The number of rotatable bonds is 8. The Labute approximate surface area is 89.8 Å². The molecule has 0 rings (SSSR count). The van der Waals surface area contributed by atoms with Crippen molar-refractivity contribution in [1.82, 2.24) is 0 Å². The minimum absolute atomic E-state index is 0.177. The average molecular weight is 214 g/mol. The van der Waals surface area contributed by atoms with Crippen LogP contribution in [0.25, 0.3) is 0 Å². The third-order valence-electron chi connectivity index (χ3n) is 1.86. The number of carbonyl (C=O) groups is 1. The Balaban J connectivity index is 3.21. The molecule has 0 aliphatic rings. The predicted molar refractivity (Wildman–Crippen MR) is 54.5 cm³/mol. The number of nitrogens with two attached hydrogens (primary N) is 1. The number of carbonyl (C=O) groups excluding carboxylic acids is 1. The molecule has 15 heavy (non-hydrogen) atoms. The van der Waals surface area contributed by atoms with Crippen molar-refractivity contribution < 1.29 is 14.6 Å². The molecule has 5 heteroatoms. The zero-order valence-electron chi connectivity index (χ0n) is 8.82. The van der Waals surface area contributed by atoms with Crippen LogP contribution in [0.1, 0.15) is 38.5 Å². The molecule has 0 amide bonds. The van der Waals surface area contributed by atoms with Gasteiger partial charge in [0.05, 0.1) is 12.5 Å². The third-order valence-corrected chi connectivity index (χ3v) is 1.86. The van der Waals surface area contributed by atoms with Gasteiger partial charge < -0.3 is 15.6 Å². The van der Waals surface area contributed by atoms with E-state index in [-0.39, 0.29) is 19.0 Å². The highest BCUT2D eigenvalue weighted by molar-refractivity contribution is 5.69. The molecular formula is C10H18N2O3. The minimum atomic E-state index is -0.757. The van der Waals surface area contributed by atoms with Crippen LogP contribution >= 0.6 is 0 Å². The van der Waals surface area contributed by atoms with Crippen molar-refractivity contribution in [2.45, 2.75) is 44.8 Å². The number of nitrogens with zero attached hydrogens (tertiary/aromatic N) is 1. The molecule has 3 N–H and O–H groups in total. The molecule has 0 aromatic rings. The Hall–Kier alpha value is -1.12. The van der Waals surface area contributed by atoms with Gasteiger partial charge in [-0.3, -0.25) is 4.79 Å². The smallest absolute Gasteiger partial charge is 0.305 e. The fourth-order valence-electron chi connectivity index (χ4n) is 1.08. The summed E-state index contributed by atoms with van der Waals surface area (Å²) in [4.78, 5) is 11.0. The second-order valence-corrected chi connectivity index (χ2v) is 3.30. The van der Waals surface area contributed by atoms with E-state index in [0.717, 1.165) is 19.3 Å². The molecule has 86 valence electrons. The summed E-state index contributed by atoms with van der Waals surface area (Å²) < 4.78 is 4.77. The van der Waals surface area contributed by atoms with Crippen LogP contribution in [0.2, 0.25) is 0 Å². The fraction of sp³-hybridized carbons (Fsp3) is 0.800. The Kier molecular flexibility index (Phi) is 8.73. The van der Waals surface area contributed by atoms with Gasteiger partial charge in [0.15, 0.2) is 0 Å². The summed E-state index contributed by atoms with van der Waals surface area (Å²) in [6.07, 6.45) is 2.80. The van der Waals surface area contributed by atoms with Crippen LogP contribution in [0.3, 0.4) is 0 Å². The largest absolute Gasteiger partial charge is 0.465 e. The van der Waals surface area contributed by atoms with Gasteiger partial charge in [0.2, 0.25) is 0 Å². The Morgan fingerprint density at radius 2 is 2.20 bits per heavy atom. The lowest BCUT2D eigenvalue weighted by Crippen LogP contribution is -2.17. The molecule has 0 fully saturated rings. The van der Waals surface area contributed by atoms with E-state index in [1.807, 2.05) is 6.07 Å². The number of ether oxygens (including phenoxy) is 1. The summed E-state index contributed by atoms with van der Waals surface area (Å²) in [7, 11) is 0. The van der Waals surface area contributed by atoms with Crippen LogP contribution in [-0.4, -0.2) is 23.9 Å². The Morgan fingerprint density at radius 3 is 2.80 bits per heavy atom. The van der Waals surface area contributed by atoms with Gasteiger partial charge in [-0.05, 0) is 19.3 Å². The zero-order valence-corrected chi connectivity index (χ0v) is 8.82. The van der Waals surface area contributed by atoms with Crippen molar-refractivity contribution in [1.29, 1.82) is 5.26 Å². The summed E-state index contributed by atoms with van der Waals surface area (Å²) in [6.45, 7) is 0.177. The normalized spacial score (nSPS) is 11.8. The van der Waals surface area contributed by atoms with Gasteiger partial charge in [-0.25, -0.2) is 0 Å². The second-order valence-electron chi connectivity index (χ2n) is 3.30. The minimum Gasteiger partial charge on any atom is -0.465 e. The van der Waals surface area contributed by atoms with Crippen LogP contribution in [0, 0.1) is 11.3 Å². The van der Waals surface area contributed by atoms with Crippen molar-refractivity contribution in [3.63, 3.8) is 0 Å². The van der Waals surface area contributed by atoms with Gasteiger partial charge >= 0.3 is 5.97 Å². The highest BCUT2D eigenvalue weighted by atomic mass is 16.5. The van der Waals surface area contributed by atoms with Crippen molar-refractivity contribution in [2.24, 2.45) is 5.73 Å². The predicted octanol–water partition coefficient (Wildman–Crippen LogP) is 0.671. The summed E-state index contributed by atoms with van der Waals surface area (Å²) in [5.74, 6) is -0.265. The molecule has 0 saturated heterocycles. The van der Waals surface area contributed by atoms with Gasteiger partial charge in [-0.1, -0.05) is 6.42 Å². The van der Waals surface area contributed by atoms with Crippen LogP contribution in [0.5, 0.6) is 0 Å². The number of hydrogen-bond donors (Lipinski definition) is 2. The highest BCUT2D eigenvalue weighted by Crippen LogP contribution is 2.04. The van der Waals surface area contributed by atoms with Gasteiger partial charge in [-0.15, -0.1) is 0 Å². The summed E-state index contributed by atoms with van der Waals surface area (Å²) >= 11 is 0. The maximum atomic E-state index is 11.0. The number of esters is 1.